The van der Waals surface area contributed by atoms with Gasteiger partial charge in [-0.25, -0.2) is 0 Å². The third kappa shape index (κ3) is 9.44. The van der Waals surface area contributed by atoms with Crippen molar-refractivity contribution in [3.63, 3.8) is 0 Å². The summed E-state index contributed by atoms with van der Waals surface area (Å²) in [5.74, 6) is -12.1. The summed E-state index contributed by atoms with van der Waals surface area (Å²) in [4.78, 5) is 50.2. The summed E-state index contributed by atoms with van der Waals surface area (Å²) in [5, 5.41) is 6.21. The van der Waals surface area contributed by atoms with Crippen LogP contribution in [-0.4, -0.2) is 48.2 Å². The van der Waals surface area contributed by atoms with Gasteiger partial charge in [0.15, 0.2) is 0 Å². The van der Waals surface area contributed by atoms with Crippen molar-refractivity contribution in [2.45, 2.75) is 50.9 Å². The van der Waals surface area contributed by atoms with Gasteiger partial charge < -0.3 is 16.0 Å². The van der Waals surface area contributed by atoms with Gasteiger partial charge in [0.1, 0.15) is 12.6 Å². The van der Waals surface area contributed by atoms with E-state index < -0.39 is 60.1 Å². The smallest absolute Gasteiger partial charge is 0.344 e. The van der Waals surface area contributed by atoms with Crippen LogP contribution in [-0.2, 0) is 25.6 Å². The lowest BCUT2D eigenvalue weighted by Gasteiger charge is -2.27. The monoisotopic (exact) mass is 609 g/mol. The SMILES string of the molecule is CC(C)C(NC(=O)C(NC(=O)CCc1ccc(Cl)c(Cl)c1)c1ccccc1)C(=O)C(F)(F)C(=O)NCC(F)(F)F. The molecule has 0 aliphatic heterocycles. The summed E-state index contributed by atoms with van der Waals surface area (Å²) >= 11 is 11.9. The number of alkyl halides is 5. The summed E-state index contributed by atoms with van der Waals surface area (Å²) in [7, 11) is 0. The molecular weight excluding hydrogens is 584 g/mol. The number of amides is 3. The number of carbonyl (C=O) groups is 4. The molecule has 0 heterocycles. The van der Waals surface area contributed by atoms with E-state index in [0.29, 0.717) is 10.6 Å². The molecular formula is C26H26Cl2F5N3O4. The van der Waals surface area contributed by atoms with Crippen LogP contribution in [0.2, 0.25) is 10.0 Å². The minimum atomic E-state index is -4.98. The standard InChI is InChI=1S/C26H26Cl2F5N3O4/c1-14(2)20(22(38)26(32,33)24(40)34-13-25(29,30)31)36-23(39)21(16-6-4-3-5-7-16)35-19(37)11-9-15-8-10-17(27)18(28)12-15/h3-8,10,12,14,20-21H,9,11,13H2,1-2H3,(H,34,40)(H,35,37)(H,36,39). The molecule has 2 unspecified atom stereocenters. The highest BCUT2D eigenvalue weighted by Gasteiger charge is 2.52. The van der Waals surface area contributed by atoms with Crippen molar-refractivity contribution >= 4 is 46.7 Å². The first kappa shape index (κ1) is 33.0. The van der Waals surface area contributed by atoms with E-state index in [2.05, 4.69) is 10.6 Å². The molecule has 218 valence electrons. The average Bonchev–Trinajstić information content (AvgIpc) is 2.88. The predicted molar refractivity (Wildman–Crippen MR) is 138 cm³/mol. The van der Waals surface area contributed by atoms with Crippen molar-refractivity contribution in [2.75, 3.05) is 6.54 Å². The van der Waals surface area contributed by atoms with E-state index in [0.717, 1.165) is 5.32 Å². The minimum absolute atomic E-state index is 0.0986. The molecule has 0 saturated heterocycles. The first-order valence-corrected chi connectivity index (χ1v) is 12.6. The van der Waals surface area contributed by atoms with Crippen LogP contribution in [0.25, 0.3) is 0 Å². The van der Waals surface area contributed by atoms with Crippen LogP contribution in [0, 0.1) is 5.92 Å². The summed E-state index contributed by atoms with van der Waals surface area (Å²) in [5.41, 5.74) is 0.939. The maximum Gasteiger partial charge on any atom is 0.405 e. The van der Waals surface area contributed by atoms with Crippen LogP contribution in [0.4, 0.5) is 22.0 Å². The fraction of sp³-hybridized carbons (Fsp3) is 0.385. The molecule has 2 atom stereocenters. The molecule has 0 saturated carbocycles. The van der Waals surface area contributed by atoms with E-state index >= 15 is 0 Å². The summed E-state index contributed by atoms with van der Waals surface area (Å²) < 4.78 is 66.1. The third-order valence-corrected chi connectivity index (χ3v) is 6.36. The number of aryl methyl sites for hydroxylation is 1. The van der Waals surface area contributed by atoms with Crippen molar-refractivity contribution in [3.8, 4) is 0 Å². The van der Waals surface area contributed by atoms with Gasteiger partial charge in [-0.2, -0.15) is 22.0 Å². The number of rotatable bonds is 12. The van der Waals surface area contributed by atoms with Gasteiger partial charge in [0.05, 0.1) is 16.1 Å². The number of ketones is 1. The molecule has 0 bridgehead atoms. The molecule has 0 spiro atoms. The zero-order chi connectivity index (χ0) is 30.3. The van der Waals surface area contributed by atoms with Crippen molar-refractivity contribution in [3.05, 3.63) is 69.7 Å². The number of Topliss-reactive ketones (excluding diaryl/α,β-unsaturated/α-hetero) is 1. The van der Waals surface area contributed by atoms with Crippen LogP contribution in [0.15, 0.2) is 48.5 Å². The number of nitrogens with one attached hydrogen (secondary N) is 3. The van der Waals surface area contributed by atoms with Crippen molar-refractivity contribution < 1.29 is 41.1 Å². The zero-order valence-corrected chi connectivity index (χ0v) is 22.8. The molecule has 0 aromatic heterocycles. The lowest BCUT2D eigenvalue weighted by atomic mass is 9.94. The highest BCUT2D eigenvalue weighted by Crippen LogP contribution is 2.24. The van der Waals surface area contributed by atoms with E-state index in [1.54, 1.807) is 36.4 Å². The Labute approximate surface area is 236 Å². The second-order valence-corrected chi connectivity index (χ2v) is 9.94. The molecule has 2 aromatic carbocycles. The number of carbonyl (C=O) groups excluding carboxylic acids is 4. The average molecular weight is 610 g/mol. The van der Waals surface area contributed by atoms with E-state index in [-0.39, 0.29) is 23.4 Å². The topological polar surface area (TPSA) is 104 Å². The van der Waals surface area contributed by atoms with Gasteiger partial charge in [-0.15, -0.1) is 0 Å². The Morgan fingerprint density at radius 3 is 2.05 bits per heavy atom. The van der Waals surface area contributed by atoms with Crippen LogP contribution in [0.1, 0.15) is 37.4 Å². The largest absolute Gasteiger partial charge is 0.405 e. The van der Waals surface area contributed by atoms with Gasteiger partial charge in [-0.3, -0.25) is 19.2 Å². The molecule has 2 aromatic rings. The number of hydrogen-bond acceptors (Lipinski definition) is 4. The molecule has 3 amide bonds. The van der Waals surface area contributed by atoms with E-state index in [1.165, 1.54) is 26.0 Å². The van der Waals surface area contributed by atoms with E-state index in [4.69, 9.17) is 23.2 Å². The number of benzene rings is 2. The summed E-state index contributed by atoms with van der Waals surface area (Å²) in [6, 6.07) is 9.09. The lowest BCUT2D eigenvalue weighted by molar-refractivity contribution is -0.165. The summed E-state index contributed by atoms with van der Waals surface area (Å²) in [6.45, 7) is 0.511. The quantitative estimate of drug-likeness (QED) is 0.237. The van der Waals surface area contributed by atoms with Gasteiger partial charge in [0, 0.05) is 6.42 Å². The molecule has 3 N–H and O–H groups in total. The van der Waals surface area contributed by atoms with E-state index in [1.807, 2.05) is 0 Å². The highest BCUT2D eigenvalue weighted by atomic mass is 35.5. The van der Waals surface area contributed by atoms with Gasteiger partial charge >= 0.3 is 12.1 Å². The molecule has 0 aliphatic carbocycles. The normalized spacial score (nSPS) is 13.3. The maximum atomic E-state index is 14.5. The van der Waals surface area contributed by atoms with Crippen molar-refractivity contribution in [1.82, 2.24) is 16.0 Å². The number of hydrogen-bond donors (Lipinski definition) is 3. The second kappa shape index (κ2) is 13.9. The Bertz CT molecular complexity index is 1230. The van der Waals surface area contributed by atoms with Crippen LogP contribution < -0.4 is 16.0 Å². The molecule has 40 heavy (non-hydrogen) atoms. The molecule has 14 heteroatoms. The molecule has 0 radical (unpaired) electrons. The third-order valence-electron chi connectivity index (χ3n) is 5.62. The van der Waals surface area contributed by atoms with Gasteiger partial charge in [0.2, 0.25) is 17.6 Å². The Kier molecular flexibility index (Phi) is 11.4. The van der Waals surface area contributed by atoms with E-state index in [9.17, 15) is 41.1 Å². The lowest BCUT2D eigenvalue weighted by Crippen LogP contribution is -2.58. The van der Waals surface area contributed by atoms with Crippen molar-refractivity contribution in [2.24, 2.45) is 5.92 Å². The van der Waals surface area contributed by atoms with Crippen LogP contribution in [0.3, 0.4) is 0 Å². The van der Waals surface area contributed by atoms with Gasteiger partial charge in [0.25, 0.3) is 5.91 Å². The van der Waals surface area contributed by atoms with Crippen LogP contribution in [0.5, 0.6) is 0 Å². The first-order chi connectivity index (χ1) is 18.5. The Balaban J connectivity index is 2.20. The fourth-order valence-corrected chi connectivity index (χ4v) is 3.82. The molecule has 7 nitrogen and oxygen atoms in total. The Morgan fingerprint density at radius 2 is 1.50 bits per heavy atom. The number of halogens is 7. The highest BCUT2D eigenvalue weighted by molar-refractivity contribution is 6.42. The summed E-state index contributed by atoms with van der Waals surface area (Å²) in [6.07, 6.45) is -4.86. The molecule has 0 aliphatic rings. The van der Waals surface area contributed by atoms with Gasteiger partial charge in [-0.05, 0) is 35.6 Å². The molecule has 0 fully saturated rings. The fourth-order valence-electron chi connectivity index (χ4n) is 3.50. The Morgan fingerprint density at radius 1 is 0.875 bits per heavy atom. The van der Waals surface area contributed by atoms with Crippen LogP contribution >= 0.6 is 23.2 Å². The molecule has 2 rings (SSSR count). The van der Waals surface area contributed by atoms with Gasteiger partial charge in [-0.1, -0.05) is 73.4 Å². The maximum absolute atomic E-state index is 14.5. The minimum Gasteiger partial charge on any atom is -0.344 e. The second-order valence-electron chi connectivity index (χ2n) is 9.13. The zero-order valence-electron chi connectivity index (χ0n) is 21.3. The Hall–Kier alpha value is -3.25. The first-order valence-electron chi connectivity index (χ1n) is 11.9. The van der Waals surface area contributed by atoms with Crippen molar-refractivity contribution in [1.29, 1.82) is 0 Å². The predicted octanol–water partition coefficient (Wildman–Crippen LogP) is 4.81.